The van der Waals surface area contributed by atoms with E-state index in [2.05, 4.69) is 0 Å². The number of aliphatic hydroxyl groups excluding tert-OH is 1. The summed E-state index contributed by atoms with van der Waals surface area (Å²) in [4.78, 5) is 11.4. The summed E-state index contributed by atoms with van der Waals surface area (Å²) in [6, 6.07) is 7.05. The average molecular weight is 226 g/mol. The lowest BCUT2D eigenvalue weighted by molar-refractivity contribution is -0.120. The van der Waals surface area contributed by atoms with E-state index in [1.807, 2.05) is 0 Å². The monoisotopic (exact) mass is 225 g/mol. The fourth-order valence-electron chi connectivity index (χ4n) is 2.10. The Morgan fingerprint density at radius 3 is 2.53 bits per heavy atom. The molecule has 0 radical (unpaired) electrons. The highest BCUT2D eigenvalue weighted by atomic mass is 35.5. The Morgan fingerprint density at radius 1 is 1.53 bits per heavy atom. The molecule has 0 aliphatic heterocycles. The molecule has 1 aromatic rings. The van der Waals surface area contributed by atoms with E-state index in [1.54, 1.807) is 24.3 Å². The molecule has 3 nitrogen and oxygen atoms in total. The topological polar surface area (TPSA) is 63.3 Å². The molecule has 1 amide bonds. The predicted molar refractivity (Wildman–Crippen MR) is 57.5 cm³/mol. The Kier molecular flexibility index (Phi) is 2.44. The zero-order valence-electron chi connectivity index (χ0n) is 8.11. The zero-order chi connectivity index (χ0) is 11.1. The number of hydrogen-bond donors (Lipinski definition) is 2. The molecule has 0 saturated heterocycles. The van der Waals surface area contributed by atoms with Gasteiger partial charge in [0.25, 0.3) is 0 Å². The van der Waals surface area contributed by atoms with Crippen LogP contribution >= 0.6 is 11.6 Å². The molecular weight excluding hydrogens is 214 g/mol. The number of carbonyl (C=O) groups excluding carboxylic acids is 1. The van der Waals surface area contributed by atoms with Gasteiger partial charge in [-0.05, 0) is 24.1 Å². The Morgan fingerprint density at radius 2 is 2.13 bits per heavy atom. The fraction of sp³-hybridized carbons (Fsp3) is 0.364. The number of primary amides is 1. The van der Waals surface area contributed by atoms with Gasteiger partial charge in [-0.15, -0.1) is 0 Å². The third kappa shape index (κ3) is 1.52. The van der Waals surface area contributed by atoms with E-state index in [9.17, 15) is 4.79 Å². The molecule has 0 spiro atoms. The summed E-state index contributed by atoms with van der Waals surface area (Å²) >= 11 is 5.77. The maximum Gasteiger partial charge on any atom is 0.228 e. The van der Waals surface area contributed by atoms with E-state index in [0.717, 1.165) is 5.56 Å². The van der Waals surface area contributed by atoms with Gasteiger partial charge in [0.2, 0.25) is 5.91 Å². The second kappa shape index (κ2) is 3.51. The Balaban J connectivity index is 2.36. The number of amides is 1. The van der Waals surface area contributed by atoms with Crippen molar-refractivity contribution < 1.29 is 9.90 Å². The third-order valence-corrected chi connectivity index (χ3v) is 3.38. The molecule has 0 heterocycles. The number of carbonyl (C=O) groups is 1. The van der Waals surface area contributed by atoms with Gasteiger partial charge in [0.15, 0.2) is 0 Å². The normalized spacial score (nSPS) is 28.8. The van der Waals surface area contributed by atoms with Crippen LogP contribution in [0.5, 0.6) is 0 Å². The SMILES string of the molecule is NC(=O)[C@@]1(c2ccc(Cl)cc2)C[C@H]1CO. The Hall–Kier alpha value is -1.06. The molecular formula is C11H12ClNO2. The molecule has 3 N–H and O–H groups in total. The van der Waals surface area contributed by atoms with Crippen molar-refractivity contribution in [3.05, 3.63) is 34.9 Å². The van der Waals surface area contributed by atoms with Crippen molar-refractivity contribution in [2.45, 2.75) is 11.8 Å². The molecule has 4 heteroatoms. The van der Waals surface area contributed by atoms with Gasteiger partial charge in [-0.25, -0.2) is 0 Å². The van der Waals surface area contributed by atoms with Crippen LogP contribution in [0.15, 0.2) is 24.3 Å². The average Bonchev–Trinajstić information content (AvgIpc) is 2.94. The maximum atomic E-state index is 11.4. The lowest BCUT2D eigenvalue weighted by Gasteiger charge is -2.13. The van der Waals surface area contributed by atoms with Crippen LogP contribution in [0.25, 0.3) is 0 Å². The number of halogens is 1. The van der Waals surface area contributed by atoms with E-state index < -0.39 is 5.41 Å². The van der Waals surface area contributed by atoms with Gasteiger partial charge >= 0.3 is 0 Å². The minimum Gasteiger partial charge on any atom is -0.396 e. The van der Waals surface area contributed by atoms with E-state index in [1.165, 1.54) is 0 Å². The molecule has 0 aromatic heterocycles. The molecule has 1 aliphatic carbocycles. The van der Waals surface area contributed by atoms with Gasteiger partial charge < -0.3 is 10.8 Å². The highest BCUT2D eigenvalue weighted by Crippen LogP contribution is 2.53. The smallest absolute Gasteiger partial charge is 0.228 e. The van der Waals surface area contributed by atoms with E-state index in [0.29, 0.717) is 11.4 Å². The largest absolute Gasteiger partial charge is 0.396 e. The van der Waals surface area contributed by atoms with Gasteiger partial charge in [-0.2, -0.15) is 0 Å². The standard InChI is InChI=1S/C11H12ClNO2/c12-9-3-1-7(2-4-9)11(10(13)15)5-8(11)6-14/h1-4,8,14H,5-6H2,(H2,13,15)/t8-,11+/m0/s1. The molecule has 0 unspecified atom stereocenters. The summed E-state index contributed by atoms with van der Waals surface area (Å²) in [6.07, 6.45) is 0.625. The summed E-state index contributed by atoms with van der Waals surface area (Å²) in [5.74, 6) is -0.417. The van der Waals surface area contributed by atoms with Crippen LogP contribution in [0.3, 0.4) is 0 Å². The summed E-state index contributed by atoms with van der Waals surface area (Å²) < 4.78 is 0. The fourth-order valence-corrected chi connectivity index (χ4v) is 2.22. The highest BCUT2D eigenvalue weighted by molar-refractivity contribution is 6.30. The maximum absolute atomic E-state index is 11.4. The van der Waals surface area contributed by atoms with Gasteiger partial charge in [0.05, 0.1) is 5.41 Å². The molecule has 1 aromatic carbocycles. The molecule has 80 valence electrons. The molecule has 1 aliphatic rings. The van der Waals surface area contributed by atoms with Crippen LogP contribution in [0, 0.1) is 5.92 Å². The number of hydrogen-bond acceptors (Lipinski definition) is 2. The van der Waals surface area contributed by atoms with Crippen LogP contribution in [0.1, 0.15) is 12.0 Å². The predicted octanol–water partition coefficient (Wildman–Crippen LogP) is 1.08. The Labute approximate surface area is 92.8 Å². The second-order valence-corrected chi connectivity index (χ2v) is 4.36. The molecule has 2 rings (SSSR count). The first-order valence-electron chi connectivity index (χ1n) is 4.78. The Bertz CT molecular complexity index is 390. The summed E-state index contributed by atoms with van der Waals surface area (Å²) in [7, 11) is 0. The van der Waals surface area contributed by atoms with Crippen molar-refractivity contribution in [2.24, 2.45) is 11.7 Å². The van der Waals surface area contributed by atoms with Crippen molar-refractivity contribution >= 4 is 17.5 Å². The first kappa shape index (κ1) is 10.5. The lowest BCUT2D eigenvalue weighted by Crippen LogP contribution is -2.31. The second-order valence-electron chi connectivity index (χ2n) is 3.93. The minimum atomic E-state index is -0.667. The molecule has 0 bridgehead atoms. The van der Waals surface area contributed by atoms with Crippen molar-refractivity contribution in [3.8, 4) is 0 Å². The molecule has 2 atom stereocenters. The number of benzene rings is 1. The first-order valence-corrected chi connectivity index (χ1v) is 5.16. The van der Waals surface area contributed by atoms with Crippen LogP contribution in [-0.2, 0) is 10.2 Å². The quantitative estimate of drug-likeness (QED) is 0.809. The van der Waals surface area contributed by atoms with Gasteiger partial charge in [0.1, 0.15) is 0 Å². The zero-order valence-corrected chi connectivity index (χ0v) is 8.87. The lowest BCUT2D eigenvalue weighted by atomic mass is 9.93. The molecule has 1 saturated carbocycles. The third-order valence-electron chi connectivity index (χ3n) is 3.12. The van der Waals surface area contributed by atoms with Crippen molar-refractivity contribution in [1.82, 2.24) is 0 Å². The summed E-state index contributed by atoms with van der Waals surface area (Å²) in [5.41, 5.74) is 5.56. The van der Waals surface area contributed by atoms with Crippen molar-refractivity contribution in [2.75, 3.05) is 6.61 Å². The molecule has 1 fully saturated rings. The van der Waals surface area contributed by atoms with Gasteiger partial charge in [0, 0.05) is 17.5 Å². The van der Waals surface area contributed by atoms with Crippen LogP contribution in [0.4, 0.5) is 0 Å². The minimum absolute atomic E-state index is 0.00837. The van der Waals surface area contributed by atoms with Gasteiger partial charge in [-0.3, -0.25) is 4.79 Å². The van der Waals surface area contributed by atoms with Crippen LogP contribution < -0.4 is 5.73 Å². The van der Waals surface area contributed by atoms with Gasteiger partial charge in [-0.1, -0.05) is 23.7 Å². The number of rotatable bonds is 3. The van der Waals surface area contributed by atoms with E-state index in [4.69, 9.17) is 22.4 Å². The summed E-state index contributed by atoms with van der Waals surface area (Å²) in [6.45, 7) is -0.00837. The van der Waals surface area contributed by atoms with Crippen molar-refractivity contribution in [1.29, 1.82) is 0 Å². The first-order chi connectivity index (χ1) is 7.11. The molecule has 15 heavy (non-hydrogen) atoms. The van der Waals surface area contributed by atoms with Crippen molar-refractivity contribution in [3.63, 3.8) is 0 Å². The van der Waals surface area contributed by atoms with Crippen LogP contribution in [0.2, 0.25) is 5.02 Å². The summed E-state index contributed by atoms with van der Waals surface area (Å²) in [5, 5.41) is 9.70. The van der Waals surface area contributed by atoms with E-state index in [-0.39, 0.29) is 18.4 Å². The number of nitrogens with two attached hydrogens (primary N) is 1. The van der Waals surface area contributed by atoms with E-state index >= 15 is 0 Å². The number of aliphatic hydroxyl groups is 1. The highest BCUT2D eigenvalue weighted by Gasteiger charge is 2.59. The van der Waals surface area contributed by atoms with Crippen LogP contribution in [-0.4, -0.2) is 17.6 Å².